The zero-order valence-electron chi connectivity index (χ0n) is 13.3. The van der Waals surface area contributed by atoms with E-state index in [2.05, 4.69) is 18.9 Å². The average Bonchev–Trinajstić information content (AvgIpc) is 3.14. The van der Waals surface area contributed by atoms with Crippen LogP contribution in [0.2, 0.25) is 0 Å². The molecule has 2 aromatic rings. The van der Waals surface area contributed by atoms with Crippen molar-refractivity contribution in [2.75, 3.05) is 6.61 Å². The number of hydrogen-bond donors (Lipinski definition) is 0. The highest BCUT2D eigenvalue weighted by Gasteiger charge is 2.61. The predicted octanol–water partition coefficient (Wildman–Crippen LogP) is 2.91. The molecule has 0 amide bonds. The van der Waals surface area contributed by atoms with Gasteiger partial charge in [-0.15, -0.1) is 11.3 Å². The van der Waals surface area contributed by atoms with E-state index in [1.165, 1.54) is 11.3 Å². The molecule has 0 aromatic carbocycles. The highest BCUT2D eigenvalue weighted by Crippen LogP contribution is 2.54. The van der Waals surface area contributed by atoms with Gasteiger partial charge in [-0.05, 0) is 19.4 Å². The molecule has 118 valence electrons. The standard InChI is InChI=1S/C16H20N2O3S/c1-8-10-7-11(22-14(10)18(4)17-8)15(19)21-13-9-5-6-20-12(9)16(13,2)3/h7,9,12-13H,5-6H2,1-4H3/t9-,12-,13-/m1/s1. The van der Waals surface area contributed by atoms with E-state index in [9.17, 15) is 4.79 Å². The third kappa shape index (κ3) is 1.80. The Kier molecular flexibility index (Phi) is 2.94. The van der Waals surface area contributed by atoms with Crippen LogP contribution in [0.4, 0.5) is 0 Å². The van der Waals surface area contributed by atoms with Gasteiger partial charge in [-0.3, -0.25) is 4.68 Å². The summed E-state index contributed by atoms with van der Waals surface area (Å²) in [6.07, 6.45) is 1.18. The Morgan fingerprint density at radius 3 is 3.05 bits per heavy atom. The van der Waals surface area contributed by atoms with E-state index in [0.29, 0.717) is 10.8 Å². The molecule has 4 rings (SSSR count). The minimum atomic E-state index is -0.218. The Hall–Kier alpha value is -1.40. The zero-order valence-corrected chi connectivity index (χ0v) is 14.1. The minimum absolute atomic E-state index is 0.0445. The Bertz CT molecular complexity index is 726. The van der Waals surface area contributed by atoms with Crippen molar-refractivity contribution in [3.05, 3.63) is 16.6 Å². The van der Waals surface area contributed by atoms with E-state index in [1.54, 1.807) is 0 Å². The van der Waals surface area contributed by atoms with E-state index >= 15 is 0 Å². The fourth-order valence-electron chi connectivity index (χ4n) is 4.00. The number of ether oxygens (including phenoxy) is 2. The van der Waals surface area contributed by atoms with E-state index in [-0.39, 0.29) is 23.6 Å². The van der Waals surface area contributed by atoms with Gasteiger partial charge in [0.25, 0.3) is 0 Å². The molecule has 1 aliphatic heterocycles. The first-order valence-corrected chi connectivity index (χ1v) is 8.47. The van der Waals surface area contributed by atoms with E-state index in [0.717, 1.165) is 28.9 Å². The Balaban J connectivity index is 1.57. The quantitative estimate of drug-likeness (QED) is 0.798. The molecule has 1 saturated heterocycles. The van der Waals surface area contributed by atoms with Crippen molar-refractivity contribution in [2.45, 2.75) is 39.4 Å². The van der Waals surface area contributed by atoms with Crippen LogP contribution in [0.5, 0.6) is 0 Å². The molecule has 5 nitrogen and oxygen atoms in total. The number of nitrogens with zero attached hydrogens (tertiary/aromatic N) is 2. The number of thiophene rings is 1. The molecular weight excluding hydrogens is 300 g/mol. The Morgan fingerprint density at radius 2 is 2.32 bits per heavy atom. The molecule has 22 heavy (non-hydrogen) atoms. The number of aryl methyl sites for hydroxylation is 2. The lowest BCUT2D eigenvalue weighted by Crippen LogP contribution is -2.61. The van der Waals surface area contributed by atoms with Crippen molar-refractivity contribution < 1.29 is 14.3 Å². The van der Waals surface area contributed by atoms with Crippen molar-refractivity contribution >= 4 is 27.5 Å². The first-order valence-electron chi connectivity index (χ1n) is 7.65. The van der Waals surface area contributed by atoms with Gasteiger partial charge in [0.1, 0.15) is 15.8 Å². The summed E-state index contributed by atoms with van der Waals surface area (Å²) in [5.74, 6) is 0.140. The lowest BCUT2D eigenvalue weighted by molar-refractivity contribution is -0.183. The van der Waals surface area contributed by atoms with Crippen molar-refractivity contribution in [1.29, 1.82) is 0 Å². The Labute approximate surface area is 133 Å². The number of esters is 1. The number of aromatic nitrogens is 2. The highest BCUT2D eigenvalue weighted by atomic mass is 32.1. The first-order chi connectivity index (χ1) is 10.4. The normalized spacial score (nSPS) is 29.4. The average molecular weight is 320 g/mol. The van der Waals surface area contributed by atoms with Gasteiger partial charge in [0, 0.05) is 30.4 Å². The summed E-state index contributed by atoms with van der Waals surface area (Å²) >= 11 is 1.45. The molecule has 0 unspecified atom stereocenters. The second-order valence-corrected chi connectivity index (χ2v) is 7.96. The van der Waals surface area contributed by atoms with Gasteiger partial charge in [-0.2, -0.15) is 5.10 Å². The summed E-state index contributed by atoms with van der Waals surface area (Å²) in [6.45, 7) is 6.98. The van der Waals surface area contributed by atoms with Gasteiger partial charge in [-0.1, -0.05) is 13.8 Å². The lowest BCUT2D eigenvalue weighted by atomic mass is 9.59. The van der Waals surface area contributed by atoms with Gasteiger partial charge >= 0.3 is 5.97 Å². The molecule has 3 heterocycles. The number of carbonyl (C=O) groups is 1. The molecule has 0 bridgehead atoms. The van der Waals surface area contributed by atoms with Crippen LogP contribution in [0.15, 0.2) is 6.07 Å². The summed E-state index contributed by atoms with van der Waals surface area (Å²) in [5, 5.41) is 5.40. The fourth-order valence-corrected chi connectivity index (χ4v) is 5.00. The molecule has 3 atom stereocenters. The van der Waals surface area contributed by atoms with E-state index in [4.69, 9.17) is 9.47 Å². The maximum atomic E-state index is 12.5. The maximum Gasteiger partial charge on any atom is 0.348 e. The van der Waals surface area contributed by atoms with Crippen molar-refractivity contribution in [3.63, 3.8) is 0 Å². The van der Waals surface area contributed by atoms with Crippen LogP contribution in [0.25, 0.3) is 10.2 Å². The number of carbonyl (C=O) groups excluding carboxylic acids is 1. The zero-order chi connectivity index (χ0) is 15.6. The van der Waals surface area contributed by atoms with Crippen LogP contribution in [-0.2, 0) is 16.5 Å². The molecular formula is C16H20N2O3S. The number of rotatable bonds is 2. The van der Waals surface area contributed by atoms with E-state index < -0.39 is 0 Å². The molecule has 0 spiro atoms. The summed E-state index contributed by atoms with van der Waals surface area (Å²) in [6, 6.07) is 1.90. The molecule has 2 fully saturated rings. The highest BCUT2D eigenvalue weighted by molar-refractivity contribution is 7.20. The minimum Gasteiger partial charge on any atom is -0.457 e. The van der Waals surface area contributed by atoms with Crippen molar-refractivity contribution in [2.24, 2.45) is 18.4 Å². The lowest BCUT2D eigenvalue weighted by Gasteiger charge is -2.53. The molecule has 1 aliphatic carbocycles. The van der Waals surface area contributed by atoms with Gasteiger partial charge in [0.05, 0.1) is 11.8 Å². The summed E-state index contributed by atoms with van der Waals surface area (Å²) < 4.78 is 13.4. The van der Waals surface area contributed by atoms with Crippen LogP contribution < -0.4 is 0 Å². The molecule has 0 N–H and O–H groups in total. The third-order valence-electron chi connectivity index (χ3n) is 5.12. The van der Waals surface area contributed by atoms with Crippen molar-refractivity contribution in [3.8, 4) is 0 Å². The van der Waals surface area contributed by atoms with Crippen LogP contribution in [0, 0.1) is 18.3 Å². The summed E-state index contributed by atoms with van der Waals surface area (Å²) in [5.41, 5.74) is 0.853. The van der Waals surface area contributed by atoms with Gasteiger partial charge in [0.2, 0.25) is 0 Å². The maximum absolute atomic E-state index is 12.5. The van der Waals surface area contributed by atoms with Crippen LogP contribution >= 0.6 is 11.3 Å². The predicted molar refractivity (Wildman–Crippen MR) is 84.2 cm³/mol. The second-order valence-electron chi connectivity index (χ2n) is 6.93. The topological polar surface area (TPSA) is 53.4 Å². The number of fused-ring (bicyclic) bond motifs is 2. The Morgan fingerprint density at radius 1 is 1.55 bits per heavy atom. The summed E-state index contributed by atoms with van der Waals surface area (Å²) in [4.78, 5) is 14.2. The van der Waals surface area contributed by atoms with Gasteiger partial charge < -0.3 is 9.47 Å². The van der Waals surface area contributed by atoms with Crippen LogP contribution in [0.1, 0.15) is 35.6 Å². The monoisotopic (exact) mass is 320 g/mol. The smallest absolute Gasteiger partial charge is 0.348 e. The van der Waals surface area contributed by atoms with Gasteiger partial charge in [0.15, 0.2) is 0 Å². The van der Waals surface area contributed by atoms with Gasteiger partial charge in [-0.25, -0.2) is 4.79 Å². The molecule has 6 heteroatoms. The largest absolute Gasteiger partial charge is 0.457 e. The third-order valence-corrected chi connectivity index (χ3v) is 6.31. The fraction of sp³-hybridized carbons (Fsp3) is 0.625. The number of hydrogen-bond acceptors (Lipinski definition) is 5. The van der Waals surface area contributed by atoms with Crippen molar-refractivity contribution in [1.82, 2.24) is 9.78 Å². The molecule has 2 aromatic heterocycles. The van der Waals surface area contributed by atoms with Crippen LogP contribution in [-0.4, -0.2) is 34.6 Å². The molecule has 1 saturated carbocycles. The summed E-state index contributed by atoms with van der Waals surface area (Å²) in [7, 11) is 1.90. The van der Waals surface area contributed by atoms with E-state index in [1.807, 2.05) is 24.7 Å². The van der Waals surface area contributed by atoms with Crippen LogP contribution in [0.3, 0.4) is 0 Å². The first kappa shape index (κ1) is 14.2. The second kappa shape index (κ2) is 4.55. The molecule has 2 aliphatic rings. The SMILES string of the molecule is Cc1nn(C)c2sc(C(=O)O[C@@H]3[C@@H]4CCO[C@H]4C3(C)C)cc12. The molecule has 0 radical (unpaired) electrons.